The SMILES string of the molecule is Cc1ccc(S(=O)(=O)N(CC(=O)NC[C@H]2COc3ccccc3O2)c2ccc(Cl)c(Cl)c2)cc1. The van der Waals surface area contributed by atoms with Crippen LogP contribution >= 0.6 is 23.2 Å². The molecule has 1 N–H and O–H groups in total. The van der Waals surface area contributed by atoms with E-state index in [4.69, 9.17) is 32.7 Å². The molecule has 0 saturated heterocycles. The summed E-state index contributed by atoms with van der Waals surface area (Å²) < 4.78 is 39.4. The predicted octanol–water partition coefficient (Wildman–Crippen LogP) is 4.45. The lowest BCUT2D eigenvalue weighted by Crippen LogP contribution is -2.45. The zero-order valence-electron chi connectivity index (χ0n) is 18.2. The normalized spacial score (nSPS) is 15.0. The standard InChI is InChI=1S/C24H22Cl2N2O5S/c1-16-6-9-19(10-7-16)34(30,31)28(17-8-11-20(25)21(26)12-17)14-24(29)27-13-18-15-32-22-4-2-3-5-23(22)33-18/h2-12,18H,13-15H2,1H3,(H,27,29)/t18-/m0/s1. The molecule has 0 saturated carbocycles. The first-order chi connectivity index (χ1) is 16.2. The highest BCUT2D eigenvalue weighted by molar-refractivity contribution is 7.92. The van der Waals surface area contributed by atoms with Crippen LogP contribution in [-0.4, -0.2) is 40.1 Å². The van der Waals surface area contributed by atoms with Gasteiger partial charge < -0.3 is 14.8 Å². The second kappa shape index (κ2) is 10.1. The minimum absolute atomic E-state index is 0.0533. The molecule has 1 atom stereocenters. The molecule has 1 aliphatic heterocycles. The fourth-order valence-corrected chi connectivity index (χ4v) is 5.08. The maximum Gasteiger partial charge on any atom is 0.264 e. The molecular formula is C24H22Cl2N2O5S. The van der Waals surface area contributed by atoms with Crippen molar-refractivity contribution in [1.29, 1.82) is 0 Å². The van der Waals surface area contributed by atoms with Crippen LogP contribution in [0.25, 0.3) is 0 Å². The van der Waals surface area contributed by atoms with E-state index in [1.165, 1.54) is 30.3 Å². The number of aryl methyl sites for hydroxylation is 1. The van der Waals surface area contributed by atoms with E-state index in [1.54, 1.807) is 24.3 Å². The Morgan fingerprint density at radius 3 is 2.44 bits per heavy atom. The Hall–Kier alpha value is -2.94. The van der Waals surface area contributed by atoms with Crippen molar-refractivity contribution in [2.45, 2.75) is 17.9 Å². The molecule has 3 aromatic carbocycles. The van der Waals surface area contributed by atoms with Gasteiger partial charge in [0.2, 0.25) is 5.91 Å². The highest BCUT2D eigenvalue weighted by Crippen LogP contribution is 2.32. The summed E-state index contributed by atoms with van der Waals surface area (Å²) in [6.45, 7) is 1.80. The van der Waals surface area contributed by atoms with Gasteiger partial charge >= 0.3 is 0 Å². The van der Waals surface area contributed by atoms with Gasteiger partial charge in [0, 0.05) is 0 Å². The summed E-state index contributed by atoms with van der Waals surface area (Å²) in [7, 11) is -4.06. The first-order valence-corrected chi connectivity index (χ1v) is 12.6. The Labute approximate surface area is 208 Å². The number of carbonyl (C=O) groups is 1. The summed E-state index contributed by atoms with van der Waals surface area (Å²) in [6, 6.07) is 18.0. The Morgan fingerprint density at radius 1 is 1.03 bits per heavy atom. The van der Waals surface area contributed by atoms with Gasteiger partial charge in [-0.2, -0.15) is 0 Å². The number of benzene rings is 3. The number of rotatable bonds is 7. The topological polar surface area (TPSA) is 84.9 Å². The van der Waals surface area contributed by atoms with Crippen molar-refractivity contribution in [2.24, 2.45) is 0 Å². The average molecular weight is 521 g/mol. The molecule has 0 bridgehead atoms. The van der Waals surface area contributed by atoms with Crippen LogP contribution in [0.4, 0.5) is 5.69 Å². The molecule has 3 aromatic rings. The second-order valence-electron chi connectivity index (χ2n) is 7.72. The molecule has 178 valence electrons. The fourth-order valence-electron chi connectivity index (χ4n) is 3.37. The van der Waals surface area contributed by atoms with Crippen LogP contribution in [0.1, 0.15) is 5.56 Å². The van der Waals surface area contributed by atoms with Gasteiger partial charge in [-0.15, -0.1) is 0 Å². The summed E-state index contributed by atoms with van der Waals surface area (Å²) >= 11 is 12.1. The third-order valence-electron chi connectivity index (χ3n) is 5.18. The minimum Gasteiger partial charge on any atom is -0.486 e. The quantitative estimate of drug-likeness (QED) is 0.497. The first kappa shape index (κ1) is 24.2. The molecule has 0 radical (unpaired) electrons. The maximum atomic E-state index is 13.4. The molecule has 1 amide bonds. The zero-order valence-corrected chi connectivity index (χ0v) is 20.5. The number of para-hydroxylation sites is 2. The number of carbonyl (C=O) groups excluding carboxylic acids is 1. The fraction of sp³-hybridized carbons (Fsp3) is 0.208. The van der Waals surface area contributed by atoms with Crippen LogP contribution in [0, 0.1) is 6.92 Å². The maximum absolute atomic E-state index is 13.4. The molecule has 10 heteroatoms. The third kappa shape index (κ3) is 5.41. The van der Waals surface area contributed by atoms with E-state index in [2.05, 4.69) is 5.32 Å². The Kier molecular flexibility index (Phi) is 7.21. The highest BCUT2D eigenvalue weighted by Gasteiger charge is 2.28. The van der Waals surface area contributed by atoms with Crippen molar-refractivity contribution in [1.82, 2.24) is 5.32 Å². The number of hydrogen-bond donors (Lipinski definition) is 1. The lowest BCUT2D eigenvalue weighted by atomic mass is 10.2. The van der Waals surface area contributed by atoms with Crippen LogP contribution in [0.3, 0.4) is 0 Å². The van der Waals surface area contributed by atoms with E-state index in [1.807, 2.05) is 19.1 Å². The monoisotopic (exact) mass is 520 g/mol. The number of halogens is 2. The third-order valence-corrected chi connectivity index (χ3v) is 7.71. The number of nitrogens with zero attached hydrogens (tertiary/aromatic N) is 1. The number of fused-ring (bicyclic) bond motifs is 1. The van der Waals surface area contributed by atoms with Crippen molar-refractivity contribution < 1.29 is 22.7 Å². The van der Waals surface area contributed by atoms with Crippen LogP contribution in [0.15, 0.2) is 71.6 Å². The molecule has 34 heavy (non-hydrogen) atoms. The minimum atomic E-state index is -4.06. The van der Waals surface area contributed by atoms with Gasteiger partial charge in [0.1, 0.15) is 19.3 Å². The van der Waals surface area contributed by atoms with Crippen LogP contribution in [-0.2, 0) is 14.8 Å². The Bertz CT molecular complexity index is 1300. The van der Waals surface area contributed by atoms with E-state index < -0.39 is 28.6 Å². The Morgan fingerprint density at radius 2 is 1.74 bits per heavy atom. The first-order valence-electron chi connectivity index (χ1n) is 10.4. The summed E-state index contributed by atoms with van der Waals surface area (Å²) in [6.07, 6.45) is -0.411. The van der Waals surface area contributed by atoms with E-state index in [0.29, 0.717) is 11.5 Å². The van der Waals surface area contributed by atoms with E-state index in [0.717, 1.165) is 9.87 Å². The van der Waals surface area contributed by atoms with Crippen molar-refractivity contribution in [3.8, 4) is 11.5 Å². The van der Waals surface area contributed by atoms with Crippen molar-refractivity contribution in [3.63, 3.8) is 0 Å². The molecular weight excluding hydrogens is 499 g/mol. The van der Waals surface area contributed by atoms with Gasteiger partial charge in [0.25, 0.3) is 10.0 Å². The van der Waals surface area contributed by atoms with Gasteiger partial charge in [0.15, 0.2) is 11.5 Å². The largest absolute Gasteiger partial charge is 0.486 e. The molecule has 4 rings (SSSR count). The van der Waals surface area contributed by atoms with Gasteiger partial charge in [-0.05, 0) is 49.4 Å². The predicted molar refractivity (Wildman–Crippen MR) is 132 cm³/mol. The van der Waals surface area contributed by atoms with Crippen molar-refractivity contribution in [3.05, 3.63) is 82.3 Å². The van der Waals surface area contributed by atoms with Crippen LogP contribution in [0.5, 0.6) is 11.5 Å². The number of ether oxygens (including phenoxy) is 2. The van der Waals surface area contributed by atoms with E-state index in [-0.39, 0.29) is 33.8 Å². The van der Waals surface area contributed by atoms with Crippen LogP contribution < -0.4 is 19.1 Å². The molecule has 0 fully saturated rings. The van der Waals surface area contributed by atoms with Gasteiger partial charge in [-0.3, -0.25) is 9.10 Å². The molecule has 1 heterocycles. The Balaban J connectivity index is 1.52. The lowest BCUT2D eigenvalue weighted by Gasteiger charge is -2.27. The molecule has 0 aliphatic carbocycles. The number of sulfonamides is 1. The highest BCUT2D eigenvalue weighted by atomic mass is 35.5. The van der Waals surface area contributed by atoms with E-state index >= 15 is 0 Å². The number of amides is 1. The smallest absolute Gasteiger partial charge is 0.264 e. The molecule has 1 aliphatic rings. The number of hydrogen-bond acceptors (Lipinski definition) is 5. The van der Waals surface area contributed by atoms with Crippen molar-refractivity contribution in [2.75, 3.05) is 24.0 Å². The molecule has 7 nitrogen and oxygen atoms in total. The summed E-state index contributed by atoms with van der Waals surface area (Å²) in [5.74, 6) is 0.719. The second-order valence-corrected chi connectivity index (χ2v) is 10.4. The van der Waals surface area contributed by atoms with Gasteiger partial charge in [0.05, 0.1) is 27.2 Å². The summed E-state index contributed by atoms with van der Waals surface area (Å²) in [5.41, 5.74) is 1.13. The summed E-state index contributed by atoms with van der Waals surface area (Å²) in [5, 5.41) is 3.18. The average Bonchev–Trinajstić information content (AvgIpc) is 2.83. The molecule has 0 unspecified atom stereocenters. The van der Waals surface area contributed by atoms with Crippen LogP contribution in [0.2, 0.25) is 10.0 Å². The van der Waals surface area contributed by atoms with Gasteiger partial charge in [-0.25, -0.2) is 8.42 Å². The van der Waals surface area contributed by atoms with E-state index in [9.17, 15) is 13.2 Å². The van der Waals surface area contributed by atoms with Gasteiger partial charge in [-0.1, -0.05) is 53.0 Å². The molecule has 0 aromatic heterocycles. The summed E-state index contributed by atoms with van der Waals surface area (Å²) in [4.78, 5) is 12.9. The number of nitrogens with one attached hydrogen (secondary N) is 1. The molecule has 0 spiro atoms. The lowest BCUT2D eigenvalue weighted by molar-refractivity contribution is -0.120. The number of anilines is 1. The van der Waals surface area contributed by atoms with Crippen molar-refractivity contribution >= 4 is 44.8 Å². The zero-order chi connectivity index (χ0) is 24.3.